The number of hydrogen-bond donors (Lipinski definition) is 1. The molecule has 0 fully saturated rings. The molecule has 1 N–H and O–H groups in total. The number of aliphatic carboxylic acids is 1. The maximum absolute atomic E-state index is 10.8. The van der Waals surface area contributed by atoms with Gasteiger partial charge in [-0.15, -0.1) is 0 Å². The second-order valence-electron chi connectivity index (χ2n) is 2.74. The first kappa shape index (κ1) is 8.50. The molecular weight excluding hydrogens is 156 g/mol. The van der Waals surface area contributed by atoms with Gasteiger partial charge >= 0.3 is 5.97 Å². The molecule has 3 heteroatoms. The Balaban J connectivity index is 3.21. The maximum Gasteiger partial charge on any atom is 0.318 e. The SMILES string of the molecule is CC1(C(=O)O)C=CC=CC1=C=O. The summed E-state index contributed by atoms with van der Waals surface area (Å²) in [5.41, 5.74) is -1.06. The lowest BCUT2D eigenvalue weighted by Gasteiger charge is -2.21. The largest absolute Gasteiger partial charge is 0.480 e. The topological polar surface area (TPSA) is 54.4 Å². The van der Waals surface area contributed by atoms with Crippen LogP contribution >= 0.6 is 0 Å². The second-order valence-corrected chi connectivity index (χ2v) is 2.74. The van der Waals surface area contributed by atoms with Gasteiger partial charge in [-0.1, -0.05) is 18.2 Å². The van der Waals surface area contributed by atoms with E-state index >= 15 is 0 Å². The van der Waals surface area contributed by atoms with Crippen molar-refractivity contribution in [2.75, 3.05) is 0 Å². The molecule has 0 aliphatic heterocycles. The van der Waals surface area contributed by atoms with Crippen LogP contribution < -0.4 is 0 Å². The maximum atomic E-state index is 10.8. The van der Waals surface area contributed by atoms with Crippen molar-refractivity contribution in [1.29, 1.82) is 0 Å². The normalized spacial score (nSPS) is 26.9. The smallest absolute Gasteiger partial charge is 0.318 e. The summed E-state index contributed by atoms with van der Waals surface area (Å²) in [5, 5.41) is 8.81. The predicted octanol–water partition coefficient (Wildman–Crippen LogP) is 0.961. The number of carboxylic acid groups (broad SMARTS) is 1. The number of carbonyl (C=O) groups is 1. The summed E-state index contributed by atoms with van der Waals surface area (Å²) in [6.07, 6.45) is 6.15. The molecule has 0 spiro atoms. The van der Waals surface area contributed by atoms with Crippen molar-refractivity contribution in [1.82, 2.24) is 0 Å². The molecule has 1 unspecified atom stereocenters. The van der Waals surface area contributed by atoms with Gasteiger partial charge in [0.1, 0.15) is 11.4 Å². The molecular formula is C9H8O3. The molecule has 0 saturated heterocycles. The number of allylic oxidation sites excluding steroid dienone is 3. The van der Waals surface area contributed by atoms with E-state index in [-0.39, 0.29) is 5.57 Å². The third kappa shape index (κ3) is 1.11. The van der Waals surface area contributed by atoms with Gasteiger partial charge < -0.3 is 5.11 Å². The average Bonchev–Trinajstić information content (AvgIpc) is 2.05. The van der Waals surface area contributed by atoms with Crippen LogP contribution in [0, 0.1) is 5.41 Å². The van der Waals surface area contributed by atoms with Crippen molar-refractivity contribution in [3.05, 3.63) is 29.9 Å². The molecule has 0 radical (unpaired) electrons. The molecule has 0 aromatic carbocycles. The zero-order valence-corrected chi connectivity index (χ0v) is 6.57. The van der Waals surface area contributed by atoms with Crippen LogP contribution in [0.25, 0.3) is 0 Å². The Morgan fingerprint density at radius 3 is 2.67 bits per heavy atom. The zero-order chi connectivity index (χ0) is 9.19. The summed E-state index contributed by atoms with van der Waals surface area (Å²) < 4.78 is 0. The number of carbonyl (C=O) groups excluding carboxylic acids is 1. The highest BCUT2D eigenvalue weighted by Gasteiger charge is 2.35. The molecule has 12 heavy (non-hydrogen) atoms. The highest BCUT2D eigenvalue weighted by atomic mass is 16.4. The van der Waals surface area contributed by atoms with Gasteiger partial charge in [0.25, 0.3) is 0 Å². The number of rotatable bonds is 1. The summed E-state index contributed by atoms with van der Waals surface area (Å²) >= 11 is 0. The van der Waals surface area contributed by atoms with Crippen molar-refractivity contribution in [3.63, 3.8) is 0 Å². The van der Waals surface area contributed by atoms with E-state index in [0.717, 1.165) is 0 Å². The summed E-state index contributed by atoms with van der Waals surface area (Å²) in [5.74, 6) is 0.583. The molecule has 1 aliphatic rings. The summed E-state index contributed by atoms with van der Waals surface area (Å²) in [6, 6.07) is 0. The lowest BCUT2D eigenvalue weighted by Crippen LogP contribution is -2.28. The lowest BCUT2D eigenvalue weighted by atomic mass is 9.80. The van der Waals surface area contributed by atoms with Gasteiger partial charge in [0.2, 0.25) is 0 Å². The molecule has 62 valence electrons. The molecule has 0 aromatic heterocycles. The molecule has 1 rings (SSSR count). The average molecular weight is 164 g/mol. The van der Waals surface area contributed by atoms with E-state index < -0.39 is 11.4 Å². The highest BCUT2D eigenvalue weighted by molar-refractivity contribution is 5.86. The molecule has 0 saturated carbocycles. The first-order valence-corrected chi connectivity index (χ1v) is 3.46. The minimum absolute atomic E-state index is 0.150. The highest BCUT2D eigenvalue weighted by Crippen LogP contribution is 2.30. The molecule has 0 aromatic rings. The Bertz CT molecular complexity index is 319. The molecule has 0 amide bonds. The van der Waals surface area contributed by atoms with Gasteiger partial charge in [-0.2, -0.15) is 0 Å². The molecule has 1 aliphatic carbocycles. The minimum Gasteiger partial charge on any atom is -0.480 e. The molecule has 1 atom stereocenters. The first-order chi connectivity index (χ1) is 5.61. The lowest BCUT2D eigenvalue weighted by molar-refractivity contribution is -0.143. The van der Waals surface area contributed by atoms with E-state index in [1.54, 1.807) is 18.1 Å². The van der Waals surface area contributed by atoms with Crippen LogP contribution in [0.5, 0.6) is 0 Å². The van der Waals surface area contributed by atoms with Crippen LogP contribution in [-0.2, 0) is 9.59 Å². The van der Waals surface area contributed by atoms with E-state index in [0.29, 0.717) is 0 Å². The van der Waals surface area contributed by atoms with Crippen molar-refractivity contribution >= 4 is 11.9 Å². The van der Waals surface area contributed by atoms with Crippen LogP contribution in [0.15, 0.2) is 29.9 Å². The monoisotopic (exact) mass is 164 g/mol. The Morgan fingerprint density at radius 2 is 2.25 bits per heavy atom. The van der Waals surface area contributed by atoms with Gasteiger partial charge in [-0.05, 0) is 13.0 Å². The Kier molecular flexibility index (Phi) is 1.98. The van der Waals surface area contributed by atoms with Crippen LogP contribution in [0.1, 0.15) is 6.92 Å². The summed E-state index contributed by atoms with van der Waals surface area (Å²) in [7, 11) is 0. The van der Waals surface area contributed by atoms with E-state index in [9.17, 15) is 9.59 Å². The van der Waals surface area contributed by atoms with E-state index in [2.05, 4.69) is 0 Å². The predicted molar refractivity (Wildman–Crippen MR) is 43.2 cm³/mol. The van der Waals surface area contributed by atoms with Crippen LogP contribution in [0.3, 0.4) is 0 Å². The van der Waals surface area contributed by atoms with Crippen LogP contribution in [0.4, 0.5) is 0 Å². The third-order valence-corrected chi connectivity index (χ3v) is 1.92. The van der Waals surface area contributed by atoms with Gasteiger partial charge in [0, 0.05) is 0 Å². The molecule has 0 heterocycles. The Morgan fingerprint density at radius 1 is 1.58 bits per heavy atom. The van der Waals surface area contributed by atoms with Crippen molar-refractivity contribution < 1.29 is 14.7 Å². The van der Waals surface area contributed by atoms with Crippen LogP contribution in [0.2, 0.25) is 0 Å². The third-order valence-electron chi connectivity index (χ3n) is 1.92. The Labute approximate surface area is 69.7 Å². The van der Waals surface area contributed by atoms with E-state index in [1.807, 2.05) is 0 Å². The minimum atomic E-state index is -1.21. The summed E-state index contributed by atoms with van der Waals surface area (Å²) in [6.45, 7) is 1.47. The number of hydrogen-bond acceptors (Lipinski definition) is 2. The fraction of sp³-hybridized carbons (Fsp3) is 0.222. The second kappa shape index (κ2) is 2.80. The fourth-order valence-corrected chi connectivity index (χ4v) is 0.989. The molecule has 0 bridgehead atoms. The summed E-state index contributed by atoms with van der Waals surface area (Å²) in [4.78, 5) is 21.1. The standard InChI is InChI=1S/C9H8O3/c1-9(8(11)12)5-3-2-4-7(9)6-10/h2-5H,1H3,(H,11,12). The molecule has 3 nitrogen and oxygen atoms in total. The number of carboxylic acids is 1. The Hall–Kier alpha value is -1.60. The van der Waals surface area contributed by atoms with Crippen molar-refractivity contribution in [2.45, 2.75) is 6.92 Å². The van der Waals surface area contributed by atoms with Gasteiger partial charge in [0.15, 0.2) is 0 Å². The van der Waals surface area contributed by atoms with E-state index in [4.69, 9.17) is 5.11 Å². The fourth-order valence-electron chi connectivity index (χ4n) is 0.989. The van der Waals surface area contributed by atoms with Crippen molar-refractivity contribution in [3.8, 4) is 0 Å². The quantitative estimate of drug-likeness (QED) is 0.587. The van der Waals surface area contributed by atoms with Crippen LogP contribution in [-0.4, -0.2) is 17.0 Å². The van der Waals surface area contributed by atoms with Gasteiger partial charge in [-0.25, -0.2) is 4.79 Å². The van der Waals surface area contributed by atoms with Gasteiger partial charge in [0.05, 0.1) is 5.57 Å². The first-order valence-electron chi connectivity index (χ1n) is 3.46. The van der Waals surface area contributed by atoms with Gasteiger partial charge in [-0.3, -0.25) is 4.79 Å². The van der Waals surface area contributed by atoms with Crippen molar-refractivity contribution in [2.24, 2.45) is 5.41 Å². The zero-order valence-electron chi connectivity index (χ0n) is 6.57. The van der Waals surface area contributed by atoms with E-state index in [1.165, 1.54) is 19.1 Å².